The van der Waals surface area contributed by atoms with Crippen molar-refractivity contribution in [3.05, 3.63) is 84.1 Å². The summed E-state index contributed by atoms with van der Waals surface area (Å²) in [6, 6.07) is 20.4. The van der Waals surface area contributed by atoms with E-state index in [-0.39, 0.29) is 11.9 Å². The molecule has 0 aliphatic carbocycles. The summed E-state index contributed by atoms with van der Waals surface area (Å²) in [5.74, 6) is 0.242. The van der Waals surface area contributed by atoms with Crippen LogP contribution in [-0.4, -0.2) is 23.5 Å². The lowest BCUT2D eigenvalue weighted by Gasteiger charge is -2.09. The average molecular weight is 389 g/mol. The first kappa shape index (κ1) is 20.1. The van der Waals surface area contributed by atoms with Gasteiger partial charge in [0.05, 0.1) is 24.1 Å². The van der Waals surface area contributed by atoms with Gasteiger partial charge in [-0.3, -0.25) is 4.79 Å². The van der Waals surface area contributed by atoms with Crippen molar-refractivity contribution in [2.45, 2.75) is 19.8 Å². The number of anilines is 3. The van der Waals surface area contributed by atoms with Crippen LogP contribution in [0, 0.1) is 0 Å². The Bertz CT molecular complexity index is 939. The second kappa shape index (κ2) is 10.0. The summed E-state index contributed by atoms with van der Waals surface area (Å²) in [6.07, 6.45) is 2.72. The largest absolute Gasteiger partial charge is 0.462 e. The summed E-state index contributed by atoms with van der Waals surface area (Å²) in [4.78, 5) is 28.1. The van der Waals surface area contributed by atoms with Crippen molar-refractivity contribution < 1.29 is 14.3 Å². The molecule has 3 rings (SSSR count). The van der Waals surface area contributed by atoms with E-state index in [4.69, 9.17) is 4.74 Å². The van der Waals surface area contributed by atoms with Crippen LogP contribution in [0.4, 0.5) is 17.2 Å². The maximum atomic E-state index is 12.1. The normalized spacial score (nSPS) is 10.2. The van der Waals surface area contributed by atoms with Gasteiger partial charge in [-0.05, 0) is 55.3 Å². The number of pyridine rings is 1. The van der Waals surface area contributed by atoms with Gasteiger partial charge >= 0.3 is 5.97 Å². The van der Waals surface area contributed by atoms with Crippen LogP contribution in [0.1, 0.15) is 29.3 Å². The third-order valence-corrected chi connectivity index (χ3v) is 4.20. The van der Waals surface area contributed by atoms with Crippen molar-refractivity contribution in [1.29, 1.82) is 0 Å². The number of aromatic nitrogens is 1. The van der Waals surface area contributed by atoms with Gasteiger partial charge in [0.25, 0.3) is 0 Å². The Morgan fingerprint density at radius 3 is 2.31 bits per heavy atom. The SMILES string of the molecule is CCOC(=O)c1ccc(Nc2ccc(NC(=O)CCc3ccccc3)cn2)cc1. The summed E-state index contributed by atoms with van der Waals surface area (Å²) in [6.45, 7) is 2.12. The maximum Gasteiger partial charge on any atom is 0.338 e. The van der Waals surface area contributed by atoms with Crippen LogP contribution in [0.3, 0.4) is 0 Å². The summed E-state index contributed by atoms with van der Waals surface area (Å²) < 4.78 is 4.97. The maximum absolute atomic E-state index is 12.1. The lowest BCUT2D eigenvalue weighted by atomic mass is 10.1. The Balaban J connectivity index is 1.50. The van der Waals surface area contributed by atoms with E-state index in [1.165, 1.54) is 0 Å². The molecular formula is C23H23N3O3. The number of hydrogen-bond donors (Lipinski definition) is 2. The van der Waals surface area contributed by atoms with E-state index >= 15 is 0 Å². The minimum atomic E-state index is -0.343. The van der Waals surface area contributed by atoms with Crippen molar-refractivity contribution in [2.24, 2.45) is 0 Å². The number of nitrogens with zero attached hydrogens (tertiary/aromatic N) is 1. The minimum Gasteiger partial charge on any atom is -0.462 e. The molecule has 0 saturated heterocycles. The molecule has 0 atom stereocenters. The second-order valence-electron chi connectivity index (χ2n) is 6.39. The fourth-order valence-electron chi connectivity index (χ4n) is 2.72. The zero-order chi connectivity index (χ0) is 20.5. The van der Waals surface area contributed by atoms with Gasteiger partial charge in [-0.2, -0.15) is 0 Å². The number of rotatable bonds is 8. The van der Waals surface area contributed by atoms with E-state index in [0.29, 0.717) is 36.5 Å². The lowest BCUT2D eigenvalue weighted by Crippen LogP contribution is -2.12. The van der Waals surface area contributed by atoms with Crippen LogP contribution < -0.4 is 10.6 Å². The quantitative estimate of drug-likeness (QED) is 0.552. The molecule has 0 aliphatic rings. The van der Waals surface area contributed by atoms with Gasteiger partial charge in [-0.1, -0.05) is 30.3 Å². The lowest BCUT2D eigenvalue weighted by molar-refractivity contribution is -0.116. The number of carbonyl (C=O) groups is 2. The Labute approximate surface area is 169 Å². The number of benzene rings is 2. The Morgan fingerprint density at radius 2 is 1.66 bits per heavy atom. The molecule has 2 aromatic carbocycles. The first-order valence-corrected chi connectivity index (χ1v) is 9.48. The number of ether oxygens (including phenoxy) is 1. The van der Waals surface area contributed by atoms with Gasteiger partial charge in [0.2, 0.25) is 5.91 Å². The zero-order valence-electron chi connectivity index (χ0n) is 16.2. The van der Waals surface area contributed by atoms with E-state index in [0.717, 1.165) is 11.3 Å². The molecule has 1 amide bonds. The molecule has 0 saturated carbocycles. The highest BCUT2D eigenvalue weighted by atomic mass is 16.5. The highest BCUT2D eigenvalue weighted by molar-refractivity contribution is 5.91. The summed E-state index contributed by atoms with van der Waals surface area (Å²) in [5.41, 5.74) is 3.07. The third-order valence-electron chi connectivity index (χ3n) is 4.20. The van der Waals surface area contributed by atoms with E-state index < -0.39 is 0 Å². The van der Waals surface area contributed by atoms with Gasteiger partial charge < -0.3 is 15.4 Å². The topological polar surface area (TPSA) is 80.3 Å². The summed E-state index contributed by atoms with van der Waals surface area (Å²) in [5, 5.41) is 6.01. The molecule has 0 radical (unpaired) electrons. The predicted octanol–water partition coefficient (Wildman–Crippen LogP) is 4.57. The van der Waals surface area contributed by atoms with Gasteiger partial charge in [0.15, 0.2) is 0 Å². The fraction of sp³-hybridized carbons (Fsp3) is 0.174. The Morgan fingerprint density at radius 1 is 0.931 bits per heavy atom. The van der Waals surface area contributed by atoms with Gasteiger partial charge in [-0.25, -0.2) is 9.78 Å². The zero-order valence-corrected chi connectivity index (χ0v) is 16.2. The smallest absolute Gasteiger partial charge is 0.338 e. The number of esters is 1. The molecule has 1 aromatic heterocycles. The molecule has 0 unspecified atom stereocenters. The fourth-order valence-corrected chi connectivity index (χ4v) is 2.72. The molecule has 29 heavy (non-hydrogen) atoms. The highest BCUT2D eigenvalue weighted by Crippen LogP contribution is 2.17. The van der Waals surface area contributed by atoms with Crippen LogP contribution in [0.15, 0.2) is 72.9 Å². The predicted molar refractivity (Wildman–Crippen MR) is 113 cm³/mol. The summed E-state index contributed by atoms with van der Waals surface area (Å²) >= 11 is 0. The second-order valence-corrected chi connectivity index (χ2v) is 6.39. The standard InChI is InChI=1S/C23H23N3O3/c1-2-29-23(28)18-9-11-19(12-10-18)25-21-14-13-20(16-24-21)26-22(27)15-8-17-6-4-3-5-7-17/h3-7,9-14,16H,2,8,15H2,1H3,(H,24,25)(H,26,27). The number of hydrogen-bond acceptors (Lipinski definition) is 5. The first-order valence-electron chi connectivity index (χ1n) is 9.48. The number of amides is 1. The van der Waals surface area contributed by atoms with E-state index in [2.05, 4.69) is 15.6 Å². The molecule has 0 fully saturated rings. The van der Waals surface area contributed by atoms with E-state index in [1.807, 2.05) is 30.3 Å². The van der Waals surface area contributed by atoms with Crippen molar-refractivity contribution in [3.8, 4) is 0 Å². The Hall–Kier alpha value is -3.67. The van der Waals surface area contributed by atoms with Gasteiger partial charge in [-0.15, -0.1) is 0 Å². The van der Waals surface area contributed by atoms with E-state index in [9.17, 15) is 9.59 Å². The van der Waals surface area contributed by atoms with Crippen molar-refractivity contribution in [2.75, 3.05) is 17.2 Å². The van der Waals surface area contributed by atoms with Crippen molar-refractivity contribution in [3.63, 3.8) is 0 Å². The first-order chi connectivity index (χ1) is 14.1. The van der Waals surface area contributed by atoms with Crippen LogP contribution in [-0.2, 0) is 16.0 Å². The highest BCUT2D eigenvalue weighted by Gasteiger charge is 2.07. The third kappa shape index (κ3) is 6.17. The molecule has 148 valence electrons. The Kier molecular flexibility index (Phi) is 6.95. The van der Waals surface area contributed by atoms with Crippen LogP contribution in [0.2, 0.25) is 0 Å². The van der Waals surface area contributed by atoms with Crippen molar-refractivity contribution >= 4 is 29.1 Å². The molecule has 0 spiro atoms. The van der Waals surface area contributed by atoms with Gasteiger partial charge in [0.1, 0.15) is 5.82 Å². The molecule has 2 N–H and O–H groups in total. The molecular weight excluding hydrogens is 366 g/mol. The van der Waals surface area contributed by atoms with Gasteiger partial charge in [0, 0.05) is 12.1 Å². The van der Waals surface area contributed by atoms with Crippen molar-refractivity contribution in [1.82, 2.24) is 4.98 Å². The monoisotopic (exact) mass is 389 g/mol. The molecule has 0 bridgehead atoms. The van der Waals surface area contributed by atoms with Crippen LogP contribution in [0.5, 0.6) is 0 Å². The number of nitrogens with one attached hydrogen (secondary N) is 2. The van der Waals surface area contributed by atoms with Crippen LogP contribution >= 0.6 is 0 Å². The summed E-state index contributed by atoms with van der Waals surface area (Å²) in [7, 11) is 0. The molecule has 6 nitrogen and oxygen atoms in total. The molecule has 3 aromatic rings. The molecule has 6 heteroatoms. The average Bonchev–Trinajstić information content (AvgIpc) is 2.75. The number of aryl methyl sites for hydroxylation is 1. The number of carbonyl (C=O) groups excluding carboxylic acids is 2. The molecule has 1 heterocycles. The van der Waals surface area contributed by atoms with E-state index in [1.54, 1.807) is 49.5 Å². The molecule has 0 aliphatic heterocycles. The minimum absolute atomic E-state index is 0.0501. The van der Waals surface area contributed by atoms with Crippen LogP contribution in [0.25, 0.3) is 0 Å².